The Bertz CT molecular complexity index is 1230. The zero-order valence-corrected chi connectivity index (χ0v) is 26.4. The van der Waals surface area contributed by atoms with Crippen molar-refractivity contribution in [3.8, 4) is 5.75 Å². The summed E-state index contributed by atoms with van der Waals surface area (Å²) in [5.41, 5.74) is 2.86. The normalized spacial score (nSPS) is 20.6. The molecule has 0 unspecified atom stereocenters. The molecule has 1 aromatic heterocycles. The van der Waals surface area contributed by atoms with Crippen LogP contribution in [0.2, 0.25) is 18.1 Å². The first-order valence-electron chi connectivity index (χ1n) is 14.6. The van der Waals surface area contributed by atoms with Crippen LogP contribution in [0.25, 0.3) is 0 Å². The van der Waals surface area contributed by atoms with Crippen LogP contribution in [0.4, 0.5) is 13.2 Å². The quantitative estimate of drug-likeness (QED) is 0.252. The van der Waals surface area contributed by atoms with Gasteiger partial charge in [-0.25, -0.2) is 0 Å². The van der Waals surface area contributed by atoms with Crippen molar-refractivity contribution in [2.45, 2.75) is 90.3 Å². The molecular formula is C31H44F3N3O3Si. The minimum Gasteiger partial charge on any atom is -0.491 e. The molecule has 4 rings (SSSR count). The molecule has 3 heterocycles. The highest BCUT2D eigenvalue weighted by atomic mass is 28.4. The Morgan fingerprint density at radius 2 is 1.76 bits per heavy atom. The van der Waals surface area contributed by atoms with Gasteiger partial charge >= 0.3 is 6.18 Å². The van der Waals surface area contributed by atoms with Crippen molar-refractivity contribution in [3.05, 3.63) is 58.4 Å². The van der Waals surface area contributed by atoms with Gasteiger partial charge < -0.3 is 14.1 Å². The van der Waals surface area contributed by atoms with Gasteiger partial charge in [-0.1, -0.05) is 26.8 Å². The standard InChI is InChI=1S/C31H44F3N3O3Si/c1-21-22(2)27(39-17-18-40-41(6,7)30(3,4)5)13-12-25(21)26-10-8-9-24-20-36(15-16-37(24)26)29(38)23-11-14-28(35-19-23)31(32,33)34/h11-14,19,24,26H,8-10,15-18,20H2,1-7H3/t24-,26+/m0/s1. The lowest BCUT2D eigenvalue weighted by atomic mass is 9.86. The summed E-state index contributed by atoms with van der Waals surface area (Å²) in [7, 11) is -1.81. The predicted molar refractivity (Wildman–Crippen MR) is 157 cm³/mol. The van der Waals surface area contributed by atoms with Crippen molar-refractivity contribution in [2.75, 3.05) is 32.8 Å². The highest BCUT2D eigenvalue weighted by Gasteiger charge is 2.39. The van der Waals surface area contributed by atoms with E-state index in [1.165, 1.54) is 17.2 Å². The van der Waals surface area contributed by atoms with Crippen molar-refractivity contribution >= 4 is 14.2 Å². The van der Waals surface area contributed by atoms with Crippen molar-refractivity contribution in [3.63, 3.8) is 0 Å². The number of hydrogen-bond acceptors (Lipinski definition) is 5. The second kappa shape index (κ2) is 12.0. The maximum Gasteiger partial charge on any atom is 0.433 e. The van der Waals surface area contributed by atoms with E-state index in [1.807, 2.05) is 0 Å². The minimum absolute atomic E-state index is 0.164. The molecule has 6 nitrogen and oxygen atoms in total. The average Bonchev–Trinajstić information content (AvgIpc) is 2.91. The van der Waals surface area contributed by atoms with Crippen LogP contribution >= 0.6 is 0 Å². The molecular weight excluding hydrogens is 547 g/mol. The van der Waals surface area contributed by atoms with Crippen molar-refractivity contribution < 1.29 is 27.1 Å². The van der Waals surface area contributed by atoms with E-state index in [1.54, 1.807) is 4.90 Å². The summed E-state index contributed by atoms with van der Waals surface area (Å²) in [5, 5.41) is 0.164. The number of piperazine rings is 1. The third kappa shape index (κ3) is 6.97. The summed E-state index contributed by atoms with van der Waals surface area (Å²) in [6.45, 7) is 18.4. The highest BCUT2D eigenvalue weighted by molar-refractivity contribution is 6.74. The van der Waals surface area contributed by atoms with Crippen LogP contribution < -0.4 is 4.74 Å². The number of piperidine rings is 1. The van der Waals surface area contributed by atoms with E-state index in [0.717, 1.165) is 49.4 Å². The molecule has 2 atom stereocenters. The van der Waals surface area contributed by atoms with E-state index in [9.17, 15) is 18.0 Å². The van der Waals surface area contributed by atoms with Crippen LogP contribution in [0.15, 0.2) is 30.5 Å². The number of alkyl halides is 3. The van der Waals surface area contributed by atoms with Crippen LogP contribution in [0.3, 0.4) is 0 Å². The number of fused-ring (bicyclic) bond motifs is 1. The number of ether oxygens (including phenoxy) is 1. The number of rotatable bonds is 7. The van der Waals surface area contributed by atoms with Gasteiger partial charge in [0, 0.05) is 37.9 Å². The Labute approximate surface area is 243 Å². The molecule has 0 N–H and O–H groups in total. The van der Waals surface area contributed by atoms with Gasteiger partial charge in [-0.05, 0) is 86.1 Å². The maximum atomic E-state index is 13.1. The lowest BCUT2D eigenvalue weighted by Gasteiger charge is -2.48. The van der Waals surface area contributed by atoms with Gasteiger partial charge in [0.2, 0.25) is 0 Å². The Hall–Kier alpha value is -2.43. The van der Waals surface area contributed by atoms with Gasteiger partial charge in [-0.15, -0.1) is 0 Å². The van der Waals surface area contributed by atoms with E-state index in [2.05, 4.69) is 69.7 Å². The maximum absolute atomic E-state index is 13.1. The lowest BCUT2D eigenvalue weighted by Crippen LogP contribution is -2.57. The molecule has 226 valence electrons. The fraction of sp³-hybridized carbons (Fsp3) is 0.613. The largest absolute Gasteiger partial charge is 0.491 e. The molecule has 10 heteroatoms. The summed E-state index contributed by atoms with van der Waals surface area (Å²) in [6, 6.07) is 6.82. The number of nitrogens with zero attached hydrogens (tertiary/aromatic N) is 3. The number of pyridine rings is 1. The lowest BCUT2D eigenvalue weighted by molar-refractivity contribution is -0.141. The molecule has 1 amide bonds. The van der Waals surface area contributed by atoms with E-state index in [4.69, 9.17) is 9.16 Å². The van der Waals surface area contributed by atoms with Crippen LogP contribution in [0, 0.1) is 13.8 Å². The minimum atomic E-state index is -4.52. The third-order valence-corrected chi connectivity index (χ3v) is 13.8. The molecule has 0 spiro atoms. The predicted octanol–water partition coefficient (Wildman–Crippen LogP) is 7.17. The Morgan fingerprint density at radius 1 is 1.02 bits per heavy atom. The number of carbonyl (C=O) groups is 1. The first-order valence-corrected chi connectivity index (χ1v) is 17.5. The summed E-state index contributed by atoms with van der Waals surface area (Å²) in [6.07, 6.45) is -0.398. The molecule has 1 aromatic carbocycles. The first-order chi connectivity index (χ1) is 19.1. The summed E-state index contributed by atoms with van der Waals surface area (Å²) in [4.78, 5) is 20.8. The molecule has 41 heavy (non-hydrogen) atoms. The number of carbonyl (C=O) groups excluding carboxylic acids is 1. The molecule has 2 aliphatic heterocycles. The van der Waals surface area contributed by atoms with Gasteiger partial charge in [0.15, 0.2) is 8.32 Å². The molecule has 0 radical (unpaired) electrons. The second-order valence-corrected chi connectivity index (χ2v) is 17.7. The van der Waals surface area contributed by atoms with Crippen molar-refractivity contribution in [2.24, 2.45) is 0 Å². The van der Waals surface area contributed by atoms with Gasteiger partial charge in [0.1, 0.15) is 18.1 Å². The molecule has 2 fully saturated rings. The van der Waals surface area contributed by atoms with Crippen LogP contribution in [-0.2, 0) is 10.6 Å². The second-order valence-electron chi connectivity index (χ2n) is 12.9. The molecule has 2 saturated heterocycles. The van der Waals surface area contributed by atoms with E-state index < -0.39 is 20.2 Å². The fourth-order valence-corrected chi connectivity index (χ4v) is 6.66. The smallest absolute Gasteiger partial charge is 0.433 e. The Balaban J connectivity index is 1.39. The van der Waals surface area contributed by atoms with E-state index >= 15 is 0 Å². The van der Waals surface area contributed by atoms with Crippen LogP contribution in [0.1, 0.15) is 78.8 Å². The molecule has 2 aromatic rings. The highest BCUT2D eigenvalue weighted by Crippen LogP contribution is 2.40. The van der Waals surface area contributed by atoms with Gasteiger partial charge in [0.05, 0.1) is 12.2 Å². The van der Waals surface area contributed by atoms with Gasteiger partial charge in [-0.3, -0.25) is 14.7 Å². The number of aromatic nitrogens is 1. The monoisotopic (exact) mass is 591 g/mol. The fourth-order valence-electron chi connectivity index (χ4n) is 5.64. The summed E-state index contributed by atoms with van der Waals surface area (Å²) in [5.74, 6) is 0.622. The number of halogens is 3. The van der Waals surface area contributed by atoms with Gasteiger partial charge in [0.25, 0.3) is 5.91 Å². The van der Waals surface area contributed by atoms with Crippen molar-refractivity contribution in [1.82, 2.24) is 14.8 Å². The zero-order chi connectivity index (χ0) is 30.2. The van der Waals surface area contributed by atoms with Crippen LogP contribution in [-0.4, -0.2) is 67.9 Å². The summed E-state index contributed by atoms with van der Waals surface area (Å²) >= 11 is 0. The third-order valence-electron chi connectivity index (χ3n) is 9.28. The van der Waals surface area contributed by atoms with Crippen molar-refractivity contribution in [1.29, 1.82) is 0 Å². The SMILES string of the molecule is Cc1c(OCCO[Si](C)(C)C(C)(C)C)ccc([C@H]2CCC[C@H]3CN(C(=O)c4ccc(C(F)(F)F)nc4)CCN32)c1C. The Kier molecular flexibility index (Phi) is 9.26. The van der Waals surface area contributed by atoms with Crippen LogP contribution in [0.5, 0.6) is 5.75 Å². The molecule has 0 saturated carbocycles. The zero-order valence-electron chi connectivity index (χ0n) is 25.4. The number of amides is 1. The molecule has 0 aliphatic carbocycles. The number of hydrogen-bond donors (Lipinski definition) is 0. The Morgan fingerprint density at radius 3 is 2.39 bits per heavy atom. The van der Waals surface area contributed by atoms with Gasteiger partial charge in [-0.2, -0.15) is 13.2 Å². The molecule has 2 aliphatic rings. The number of benzene rings is 1. The first kappa shape index (κ1) is 31.5. The van der Waals surface area contributed by atoms with E-state index in [0.29, 0.717) is 26.3 Å². The molecule has 0 bridgehead atoms. The average molecular weight is 592 g/mol. The summed E-state index contributed by atoms with van der Waals surface area (Å²) < 4.78 is 51.1. The topological polar surface area (TPSA) is 54.9 Å². The van der Waals surface area contributed by atoms with E-state index in [-0.39, 0.29) is 28.6 Å².